The minimum absolute atomic E-state index is 0.186. The van der Waals surface area contributed by atoms with Gasteiger partial charge in [0.2, 0.25) is 0 Å². The van der Waals surface area contributed by atoms with Crippen LogP contribution in [0.25, 0.3) is 0 Å². The number of pyridine rings is 1. The summed E-state index contributed by atoms with van der Waals surface area (Å²) in [5, 5.41) is 10.1. The molecule has 0 spiro atoms. The van der Waals surface area contributed by atoms with E-state index in [4.69, 9.17) is 5.11 Å². The zero-order valence-electron chi connectivity index (χ0n) is 10.2. The Morgan fingerprint density at radius 2 is 2.00 bits per heavy atom. The van der Waals surface area contributed by atoms with Crippen molar-refractivity contribution in [3.05, 3.63) is 53.7 Å². The standard InChI is InChI=1S/C14H15NOS2/c1-11-5-4-6-12(8-10-16)14(11)18-17-13-7-2-3-9-15-13/h2-7,9,16H,8,10H2,1H3. The van der Waals surface area contributed by atoms with Crippen molar-refractivity contribution in [1.82, 2.24) is 4.98 Å². The summed E-state index contributed by atoms with van der Waals surface area (Å²) in [6, 6.07) is 12.1. The fourth-order valence-corrected chi connectivity index (χ4v) is 4.03. The fourth-order valence-electron chi connectivity index (χ4n) is 1.63. The van der Waals surface area contributed by atoms with Crippen LogP contribution in [0.3, 0.4) is 0 Å². The molecule has 0 unspecified atom stereocenters. The Bertz CT molecular complexity index is 502. The smallest absolute Gasteiger partial charge is 0.107 e. The van der Waals surface area contributed by atoms with Crippen molar-refractivity contribution in [3.8, 4) is 0 Å². The number of nitrogens with zero attached hydrogens (tertiary/aromatic N) is 1. The largest absolute Gasteiger partial charge is 0.396 e. The molecule has 1 heterocycles. The fraction of sp³-hybridized carbons (Fsp3) is 0.214. The van der Waals surface area contributed by atoms with Gasteiger partial charge in [0.1, 0.15) is 5.03 Å². The number of hydrogen-bond acceptors (Lipinski definition) is 4. The minimum atomic E-state index is 0.186. The maximum Gasteiger partial charge on any atom is 0.107 e. The SMILES string of the molecule is Cc1cccc(CCO)c1SSc1ccccn1. The number of benzene rings is 1. The molecule has 0 aliphatic heterocycles. The molecule has 0 saturated heterocycles. The molecule has 0 bridgehead atoms. The monoisotopic (exact) mass is 277 g/mol. The first-order chi connectivity index (χ1) is 8.81. The molecule has 94 valence electrons. The second-order valence-corrected chi connectivity index (χ2v) is 6.03. The van der Waals surface area contributed by atoms with Crippen molar-refractivity contribution in [1.29, 1.82) is 0 Å². The third kappa shape index (κ3) is 3.51. The average molecular weight is 277 g/mol. The Morgan fingerprint density at radius 3 is 2.72 bits per heavy atom. The summed E-state index contributed by atoms with van der Waals surface area (Å²) in [6.07, 6.45) is 2.50. The molecule has 2 rings (SSSR count). The van der Waals surface area contributed by atoms with Crippen LogP contribution in [0, 0.1) is 6.92 Å². The maximum absolute atomic E-state index is 9.09. The maximum atomic E-state index is 9.09. The van der Waals surface area contributed by atoms with E-state index in [1.807, 2.05) is 24.3 Å². The number of aliphatic hydroxyl groups is 1. The molecule has 0 atom stereocenters. The number of rotatable bonds is 5. The lowest BCUT2D eigenvalue weighted by molar-refractivity contribution is 0.299. The van der Waals surface area contributed by atoms with Crippen LogP contribution in [0.1, 0.15) is 11.1 Å². The van der Waals surface area contributed by atoms with Gasteiger partial charge in [-0.15, -0.1) is 0 Å². The van der Waals surface area contributed by atoms with Gasteiger partial charge in [-0.1, -0.05) is 35.1 Å². The summed E-state index contributed by atoms with van der Waals surface area (Å²) < 4.78 is 0. The topological polar surface area (TPSA) is 33.1 Å². The molecule has 0 aliphatic rings. The summed E-state index contributed by atoms with van der Waals surface area (Å²) in [4.78, 5) is 5.53. The molecule has 4 heteroatoms. The molecule has 2 nitrogen and oxygen atoms in total. The van der Waals surface area contributed by atoms with Crippen LogP contribution in [0.2, 0.25) is 0 Å². The Morgan fingerprint density at radius 1 is 1.11 bits per heavy atom. The van der Waals surface area contributed by atoms with E-state index in [-0.39, 0.29) is 6.61 Å². The zero-order valence-corrected chi connectivity index (χ0v) is 11.8. The van der Waals surface area contributed by atoms with Crippen LogP contribution >= 0.6 is 21.6 Å². The molecule has 0 saturated carbocycles. The molecule has 0 fully saturated rings. The van der Waals surface area contributed by atoms with Crippen LogP contribution in [-0.4, -0.2) is 16.7 Å². The van der Waals surface area contributed by atoms with Crippen molar-refractivity contribution in [2.24, 2.45) is 0 Å². The van der Waals surface area contributed by atoms with Crippen LogP contribution in [0.4, 0.5) is 0 Å². The lowest BCUT2D eigenvalue weighted by Crippen LogP contribution is -1.94. The second-order valence-electron chi connectivity index (χ2n) is 3.87. The molecule has 2 aromatic rings. The van der Waals surface area contributed by atoms with Gasteiger partial charge in [0, 0.05) is 17.7 Å². The first-order valence-corrected chi connectivity index (χ1v) is 7.91. The first-order valence-electron chi connectivity index (χ1n) is 5.76. The molecule has 1 aromatic carbocycles. The summed E-state index contributed by atoms with van der Waals surface area (Å²) in [5.74, 6) is 0. The number of hydrogen-bond donors (Lipinski definition) is 1. The predicted octanol–water partition coefficient (Wildman–Crippen LogP) is 3.72. The Hall–Kier alpha value is -0.970. The van der Waals surface area contributed by atoms with Crippen molar-refractivity contribution in [3.63, 3.8) is 0 Å². The van der Waals surface area contributed by atoms with E-state index < -0.39 is 0 Å². The number of aliphatic hydroxyl groups excluding tert-OH is 1. The van der Waals surface area contributed by atoms with Crippen molar-refractivity contribution < 1.29 is 5.11 Å². The molecule has 18 heavy (non-hydrogen) atoms. The van der Waals surface area contributed by atoms with E-state index in [1.54, 1.807) is 27.8 Å². The average Bonchev–Trinajstić information content (AvgIpc) is 2.40. The highest BCUT2D eigenvalue weighted by molar-refractivity contribution is 8.76. The van der Waals surface area contributed by atoms with Gasteiger partial charge in [-0.05, 0) is 47.4 Å². The second kappa shape index (κ2) is 6.83. The van der Waals surface area contributed by atoms with Crippen LogP contribution in [0.15, 0.2) is 52.5 Å². The van der Waals surface area contributed by atoms with Crippen molar-refractivity contribution >= 4 is 21.6 Å². The van der Waals surface area contributed by atoms with Crippen LogP contribution in [0.5, 0.6) is 0 Å². The molecular formula is C14H15NOS2. The van der Waals surface area contributed by atoms with Gasteiger partial charge in [-0.25, -0.2) is 4.98 Å². The van der Waals surface area contributed by atoms with Crippen molar-refractivity contribution in [2.45, 2.75) is 23.3 Å². The molecule has 0 amide bonds. The lowest BCUT2D eigenvalue weighted by Gasteiger charge is -2.10. The van der Waals surface area contributed by atoms with E-state index in [2.05, 4.69) is 24.0 Å². The highest BCUT2D eigenvalue weighted by atomic mass is 33.1. The van der Waals surface area contributed by atoms with E-state index in [9.17, 15) is 0 Å². The quantitative estimate of drug-likeness (QED) is 0.844. The molecule has 0 aliphatic carbocycles. The number of aryl methyl sites for hydroxylation is 1. The van der Waals surface area contributed by atoms with Gasteiger partial charge in [0.25, 0.3) is 0 Å². The minimum Gasteiger partial charge on any atom is -0.396 e. The Balaban J connectivity index is 2.13. The van der Waals surface area contributed by atoms with E-state index >= 15 is 0 Å². The highest BCUT2D eigenvalue weighted by Gasteiger charge is 2.07. The molecule has 1 aromatic heterocycles. The zero-order chi connectivity index (χ0) is 12.8. The summed E-state index contributed by atoms with van der Waals surface area (Å²) in [6.45, 7) is 2.29. The first kappa shape index (κ1) is 13.5. The molecule has 1 N–H and O–H groups in total. The van der Waals surface area contributed by atoms with Gasteiger partial charge in [0.05, 0.1) is 0 Å². The van der Waals surface area contributed by atoms with Gasteiger partial charge in [-0.2, -0.15) is 0 Å². The third-order valence-electron chi connectivity index (χ3n) is 2.52. The van der Waals surface area contributed by atoms with Crippen molar-refractivity contribution in [2.75, 3.05) is 6.61 Å². The van der Waals surface area contributed by atoms with Gasteiger partial charge >= 0.3 is 0 Å². The highest BCUT2D eigenvalue weighted by Crippen LogP contribution is 2.39. The van der Waals surface area contributed by atoms with E-state index in [0.717, 1.165) is 5.03 Å². The van der Waals surface area contributed by atoms with E-state index in [0.29, 0.717) is 6.42 Å². The van der Waals surface area contributed by atoms with Gasteiger partial charge in [-0.3, -0.25) is 0 Å². The molecule has 0 radical (unpaired) electrons. The van der Waals surface area contributed by atoms with Crippen LogP contribution in [-0.2, 0) is 6.42 Å². The van der Waals surface area contributed by atoms with Gasteiger partial charge in [0.15, 0.2) is 0 Å². The lowest BCUT2D eigenvalue weighted by atomic mass is 10.1. The summed E-state index contributed by atoms with van der Waals surface area (Å²) >= 11 is 0. The van der Waals surface area contributed by atoms with Crippen LogP contribution < -0.4 is 0 Å². The normalized spacial score (nSPS) is 10.6. The number of aromatic nitrogens is 1. The van der Waals surface area contributed by atoms with Gasteiger partial charge < -0.3 is 5.11 Å². The Kier molecular flexibility index (Phi) is 5.11. The third-order valence-corrected chi connectivity index (χ3v) is 5.03. The predicted molar refractivity (Wildman–Crippen MR) is 77.9 cm³/mol. The Labute approximate surface area is 115 Å². The summed E-state index contributed by atoms with van der Waals surface area (Å²) in [7, 11) is 3.36. The molecular weight excluding hydrogens is 262 g/mol. The summed E-state index contributed by atoms with van der Waals surface area (Å²) in [5.41, 5.74) is 2.44. The van der Waals surface area contributed by atoms with E-state index in [1.165, 1.54) is 16.0 Å².